The third kappa shape index (κ3) is 3.35. The third-order valence-electron chi connectivity index (χ3n) is 4.64. The predicted molar refractivity (Wildman–Crippen MR) is 94.5 cm³/mol. The van der Waals surface area contributed by atoms with Crippen molar-refractivity contribution in [3.8, 4) is 6.07 Å². The Balaban J connectivity index is 1.73. The Morgan fingerprint density at radius 2 is 2.08 bits per heavy atom. The van der Waals surface area contributed by atoms with Gasteiger partial charge in [0.2, 0.25) is 0 Å². The number of hydrogen-bond donors (Lipinski definition) is 1. The number of rotatable bonds is 3. The van der Waals surface area contributed by atoms with Crippen molar-refractivity contribution in [2.45, 2.75) is 19.5 Å². The molecule has 2 aromatic rings. The standard InChI is InChI=1S/C18H22N6O/c1-13-16(17(20)22(2)21-13)18(25)24-9-8-23(15(10-19)12-24)11-14-6-4-3-5-7-14/h3-7,15H,8-9,11-12,20H2,1-2H3. The number of carbonyl (C=O) groups is 1. The second kappa shape index (κ2) is 6.95. The minimum atomic E-state index is -0.337. The summed E-state index contributed by atoms with van der Waals surface area (Å²) in [4.78, 5) is 16.7. The van der Waals surface area contributed by atoms with Gasteiger partial charge in [0.15, 0.2) is 0 Å². The van der Waals surface area contributed by atoms with Crippen molar-refractivity contribution in [2.75, 3.05) is 25.4 Å². The number of hydrogen-bond acceptors (Lipinski definition) is 5. The van der Waals surface area contributed by atoms with Crippen molar-refractivity contribution >= 4 is 11.7 Å². The van der Waals surface area contributed by atoms with Gasteiger partial charge in [0.25, 0.3) is 5.91 Å². The molecule has 1 aromatic heterocycles. The number of benzene rings is 1. The molecule has 2 heterocycles. The van der Waals surface area contributed by atoms with Gasteiger partial charge in [-0.15, -0.1) is 0 Å². The molecule has 25 heavy (non-hydrogen) atoms. The summed E-state index contributed by atoms with van der Waals surface area (Å²) in [6, 6.07) is 12.0. The van der Waals surface area contributed by atoms with Crippen LogP contribution in [-0.2, 0) is 13.6 Å². The first-order chi connectivity index (χ1) is 12.0. The Hall–Kier alpha value is -2.85. The van der Waals surface area contributed by atoms with Crippen molar-refractivity contribution in [3.05, 3.63) is 47.2 Å². The van der Waals surface area contributed by atoms with Gasteiger partial charge in [-0.3, -0.25) is 14.4 Å². The molecule has 3 rings (SSSR count). The molecule has 2 N–H and O–H groups in total. The van der Waals surface area contributed by atoms with E-state index < -0.39 is 0 Å². The van der Waals surface area contributed by atoms with Crippen LogP contribution in [0.25, 0.3) is 0 Å². The molecule has 7 nitrogen and oxygen atoms in total. The van der Waals surface area contributed by atoms with Crippen LogP contribution in [0, 0.1) is 18.3 Å². The van der Waals surface area contributed by atoms with E-state index in [1.807, 2.05) is 30.3 Å². The highest BCUT2D eigenvalue weighted by atomic mass is 16.2. The van der Waals surface area contributed by atoms with Gasteiger partial charge < -0.3 is 10.6 Å². The summed E-state index contributed by atoms with van der Waals surface area (Å²) >= 11 is 0. The number of amides is 1. The highest BCUT2D eigenvalue weighted by Gasteiger charge is 2.32. The maximum absolute atomic E-state index is 12.8. The van der Waals surface area contributed by atoms with E-state index in [1.165, 1.54) is 4.68 Å². The molecule has 1 aliphatic rings. The smallest absolute Gasteiger partial charge is 0.259 e. The topological polar surface area (TPSA) is 91.2 Å². The van der Waals surface area contributed by atoms with Crippen molar-refractivity contribution in [3.63, 3.8) is 0 Å². The molecule has 1 atom stereocenters. The molecule has 0 aliphatic carbocycles. The molecular formula is C18H22N6O. The SMILES string of the molecule is Cc1nn(C)c(N)c1C(=O)N1CCN(Cc2ccccc2)C(C#N)C1. The van der Waals surface area contributed by atoms with E-state index in [0.717, 1.165) is 5.56 Å². The molecule has 1 saturated heterocycles. The summed E-state index contributed by atoms with van der Waals surface area (Å²) in [5.74, 6) is 0.213. The average molecular weight is 338 g/mol. The fraction of sp³-hybridized carbons (Fsp3) is 0.389. The zero-order chi connectivity index (χ0) is 18.0. The summed E-state index contributed by atoms with van der Waals surface area (Å²) in [5, 5.41) is 13.8. The Kier molecular flexibility index (Phi) is 4.72. The number of piperazine rings is 1. The van der Waals surface area contributed by atoms with E-state index in [4.69, 9.17) is 5.73 Å². The number of anilines is 1. The molecular weight excluding hydrogens is 316 g/mol. The molecule has 0 bridgehead atoms. The molecule has 0 spiro atoms. The van der Waals surface area contributed by atoms with E-state index in [2.05, 4.69) is 16.1 Å². The van der Waals surface area contributed by atoms with Gasteiger partial charge in [0.05, 0.1) is 11.8 Å². The number of carbonyl (C=O) groups excluding carboxylic acids is 1. The molecule has 1 aromatic carbocycles. The first-order valence-corrected chi connectivity index (χ1v) is 8.27. The number of nitriles is 1. The highest BCUT2D eigenvalue weighted by Crippen LogP contribution is 2.21. The maximum atomic E-state index is 12.8. The summed E-state index contributed by atoms with van der Waals surface area (Å²) in [5.41, 5.74) is 8.20. The Labute approximate surface area is 147 Å². The number of nitrogen functional groups attached to an aromatic ring is 1. The van der Waals surface area contributed by atoms with E-state index in [9.17, 15) is 10.1 Å². The molecule has 1 fully saturated rings. The third-order valence-corrected chi connectivity index (χ3v) is 4.64. The van der Waals surface area contributed by atoms with Crippen LogP contribution in [0.5, 0.6) is 0 Å². The lowest BCUT2D eigenvalue weighted by Gasteiger charge is -2.38. The average Bonchev–Trinajstić information content (AvgIpc) is 2.87. The van der Waals surface area contributed by atoms with Crippen molar-refractivity contribution < 1.29 is 4.79 Å². The second-order valence-corrected chi connectivity index (χ2v) is 6.32. The van der Waals surface area contributed by atoms with E-state index >= 15 is 0 Å². The van der Waals surface area contributed by atoms with Gasteiger partial charge in [-0.05, 0) is 12.5 Å². The van der Waals surface area contributed by atoms with Crippen molar-refractivity contribution in [2.24, 2.45) is 7.05 Å². The van der Waals surface area contributed by atoms with Crippen molar-refractivity contribution in [1.29, 1.82) is 5.26 Å². The summed E-state index contributed by atoms with van der Waals surface area (Å²) in [7, 11) is 1.72. The first-order valence-electron chi connectivity index (χ1n) is 8.27. The quantitative estimate of drug-likeness (QED) is 0.907. The van der Waals surface area contributed by atoms with Crippen LogP contribution in [0.3, 0.4) is 0 Å². The summed E-state index contributed by atoms with van der Waals surface area (Å²) < 4.78 is 1.51. The lowest BCUT2D eigenvalue weighted by atomic mass is 10.1. The van der Waals surface area contributed by atoms with Crippen molar-refractivity contribution in [1.82, 2.24) is 19.6 Å². The molecule has 1 amide bonds. The molecule has 0 saturated carbocycles. The monoisotopic (exact) mass is 338 g/mol. The fourth-order valence-electron chi connectivity index (χ4n) is 3.23. The number of aryl methyl sites for hydroxylation is 2. The second-order valence-electron chi connectivity index (χ2n) is 6.32. The van der Waals surface area contributed by atoms with Gasteiger partial charge in [-0.2, -0.15) is 10.4 Å². The summed E-state index contributed by atoms with van der Waals surface area (Å²) in [6.07, 6.45) is 0. The predicted octanol–water partition coefficient (Wildman–Crippen LogP) is 1.16. The van der Waals surface area contributed by atoms with Gasteiger partial charge in [-0.25, -0.2) is 0 Å². The van der Waals surface area contributed by atoms with Crippen LogP contribution in [0.15, 0.2) is 30.3 Å². The lowest BCUT2D eigenvalue weighted by molar-refractivity contribution is 0.0552. The van der Waals surface area contributed by atoms with Gasteiger partial charge in [-0.1, -0.05) is 30.3 Å². The fourth-order valence-corrected chi connectivity index (χ4v) is 3.23. The normalized spacial score (nSPS) is 18.1. The molecule has 7 heteroatoms. The maximum Gasteiger partial charge on any atom is 0.259 e. The number of aromatic nitrogens is 2. The largest absolute Gasteiger partial charge is 0.383 e. The minimum absolute atomic E-state index is 0.150. The van der Waals surface area contributed by atoms with Crippen LogP contribution in [0.4, 0.5) is 5.82 Å². The van der Waals surface area contributed by atoms with Crippen LogP contribution in [0.2, 0.25) is 0 Å². The van der Waals surface area contributed by atoms with Crippen LogP contribution >= 0.6 is 0 Å². The molecule has 0 radical (unpaired) electrons. The van der Waals surface area contributed by atoms with E-state index in [1.54, 1.807) is 18.9 Å². The van der Waals surface area contributed by atoms with Crippen LogP contribution in [-0.4, -0.2) is 51.2 Å². The zero-order valence-corrected chi connectivity index (χ0v) is 14.5. The lowest BCUT2D eigenvalue weighted by Crippen LogP contribution is -2.53. The van der Waals surface area contributed by atoms with Gasteiger partial charge >= 0.3 is 0 Å². The van der Waals surface area contributed by atoms with E-state index in [0.29, 0.717) is 43.3 Å². The van der Waals surface area contributed by atoms with Crippen LogP contribution < -0.4 is 5.73 Å². The Morgan fingerprint density at radius 3 is 2.68 bits per heavy atom. The zero-order valence-electron chi connectivity index (χ0n) is 14.5. The summed E-state index contributed by atoms with van der Waals surface area (Å²) in [6.45, 7) is 4.07. The van der Waals surface area contributed by atoms with Gasteiger partial charge in [0, 0.05) is 33.2 Å². The minimum Gasteiger partial charge on any atom is -0.383 e. The molecule has 1 aliphatic heterocycles. The van der Waals surface area contributed by atoms with E-state index in [-0.39, 0.29) is 11.9 Å². The van der Waals surface area contributed by atoms with Crippen LogP contribution in [0.1, 0.15) is 21.6 Å². The van der Waals surface area contributed by atoms with Gasteiger partial charge in [0.1, 0.15) is 17.4 Å². The Morgan fingerprint density at radius 1 is 1.36 bits per heavy atom. The Bertz CT molecular complexity index is 807. The molecule has 1 unspecified atom stereocenters. The first kappa shape index (κ1) is 17.0. The number of nitrogens with zero attached hydrogens (tertiary/aromatic N) is 5. The molecule has 130 valence electrons. The number of nitrogens with two attached hydrogens (primary N) is 1. The highest BCUT2D eigenvalue weighted by molar-refractivity contribution is 5.99.